The molecule has 6 heteroatoms. The van der Waals surface area contributed by atoms with Gasteiger partial charge in [0.15, 0.2) is 11.5 Å². The monoisotopic (exact) mass is 410 g/mol. The number of rotatable bonds is 7. The minimum Gasteiger partial charge on any atom is -0.441 e. The Kier molecular flexibility index (Phi) is 5.19. The normalized spacial score (nSPS) is 11.2. The van der Waals surface area contributed by atoms with Gasteiger partial charge in [0.1, 0.15) is 11.3 Å². The summed E-state index contributed by atoms with van der Waals surface area (Å²) in [6.45, 7) is 0.498. The lowest BCUT2D eigenvalue weighted by atomic mass is 10.1. The highest BCUT2D eigenvalue weighted by molar-refractivity contribution is 5.97. The minimum absolute atomic E-state index is 0.133. The fourth-order valence-corrected chi connectivity index (χ4v) is 3.64. The van der Waals surface area contributed by atoms with Crippen LogP contribution in [0, 0.1) is 0 Å². The lowest BCUT2D eigenvalue weighted by molar-refractivity contribution is 0.0954. The van der Waals surface area contributed by atoms with E-state index in [2.05, 4.69) is 32.4 Å². The predicted octanol–water partition coefficient (Wildman–Crippen LogP) is 4.46. The Bertz CT molecular complexity index is 1300. The number of aromatic nitrogens is 3. The number of imidazole rings is 1. The van der Waals surface area contributed by atoms with Gasteiger partial charge in [-0.25, -0.2) is 9.97 Å². The number of fused-ring (bicyclic) bond motifs is 2. The van der Waals surface area contributed by atoms with Crippen LogP contribution in [-0.4, -0.2) is 27.4 Å². The van der Waals surface area contributed by atoms with E-state index in [0.717, 1.165) is 29.7 Å². The smallest absolute Gasteiger partial charge is 0.251 e. The molecule has 2 heterocycles. The van der Waals surface area contributed by atoms with Crippen molar-refractivity contribution in [2.24, 2.45) is 0 Å². The first kappa shape index (κ1) is 19.1. The van der Waals surface area contributed by atoms with Gasteiger partial charge in [0.2, 0.25) is 0 Å². The standard InChI is InChI=1S/C25H22N4O2/c30-25(26-15-14-23-27-19-8-4-5-9-20(19)28-23)18-11-12-22-21(16-18)29-24(31-22)13-10-17-6-2-1-3-7-17/h1-9,11-12,16H,10,13-15H2,(H,26,30)(H,27,28). The van der Waals surface area contributed by atoms with Crippen molar-refractivity contribution in [3.63, 3.8) is 0 Å². The van der Waals surface area contributed by atoms with E-state index in [1.54, 1.807) is 12.1 Å². The number of amides is 1. The number of carbonyl (C=O) groups is 1. The summed E-state index contributed by atoms with van der Waals surface area (Å²) >= 11 is 0. The molecule has 2 aromatic heterocycles. The molecule has 0 bridgehead atoms. The molecular weight excluding hydrogens is 388 g/mol. The van der Waals surface area contributed by atoms with Crippen LogP contribution in [-0.2, 0) is 19.3 Å². The number of nitrogens with one attached hydrogen (secondary N) is 2. The molecule has 1 amide bonds. The molecule has 6 nitrogen and oxygen atoms in total. The molecule has 0 saturated heterocycles. The van der Waals surface area contributed by atoms with Crippen molar-refractivity contribution in [3.05, 3.63) is 95.6 Å². The summed E-state index contributed by atoms with van der Waals surface area (Å²) in [5.41, 5.74) is 5.15. The van der Waals surface area contributed by atoms with Gasteiger partial charge in [-0.3, -0.25) is 4.79 Å². The quantitative estimate of drug-likeness (QED) is 0.415. The molecule has 5 rings (SSSR count). The van der Waals surface area contributed by atoms with Crippen LogP contribution in [0.25, 0.3) is 22.1 Å². The second kappa shape index (κ2) is 8.44. The van der Waals surface area contributed by atoms with E-state index in [1.807, 2.05) is 48.5 Å². The van der Waals surface area contributed by atoms with E-state index in [0.29, 0.717) is 35.5 Å². The Hall–Kier alpha value is -3.93. The molecule has 0 aliphatic carbocycles. The summed E-state index contributed by atoms with van der Waals surface area (Å²) in [5, 5.41) is 2.95. The molecule has 31 heavy (non-hydrogen) atoms. The number of oxazole rings is 1. The van der Waals surface area contributed by atoms with Crippen molar-refractivity contribution in [2.75, 3.05) is 6.54 Å². The lowest BCUT2D eigenvalue weighted by Crippen LogP contribution is -2.25. The van der Waals surface area contributed by atoms with Crippen LogP contribution in [0.1, 0.15) is 27.6 Å². The first-order valence-corrected chi connectivity index (χ1v) is 10.4. The number of para-hydroxylation sites is 2. The number of aryl methyl sites for hydroxylation is 2. The Morgan fingerprint density at radius 1 is 0.871 bits per heavy atom. The van der Waals surface area contributed by atoms with E-state index in [4.69, 9.17) is 4.42 Å². The van der Waals surface area contributed by atoms with Gasteiger partial charge in [-0.1, -0.05) is 42.5 Å². The van der Waals surface area contributed by atoms with Gasteiger partial charge in [0, 0.05) is 24.9 Å². The van der Waals surface area contributed by atoms with Crippen LogP contribution in [0.2, 0.25) is 0 Å². The molecule has 0 spiro atoms. The number of H-pyrrole nitrogens is 1. The van der Waals surface area contributed by atoms with Gasteiger partial charge in [0.05, 0.1) is 11.0 Å². The van der Waals surface area contributed by atoms with Crippen LogP contribution in [0.3, 0.4) is 0 Å². The molecule has 3 aromatic carbocycles. The molecule has 5 aromatic rings. The maximum absolute atomic E-state index is 12.6. The first-order chi connectivity index (χ1) is 15.2. The topological polar surface area (TPSA) is 83.8 Å². The fourth-order valence-electron chi connectivity index (χ4n) is 3.64. The SMILES string of the molecule is O=C(NCCc1nc2ccccc2[nH]1)c1ccc2oc(CCc3ccccc3)nc2c1. The second-order valence-electron chi connectivity index (χ2n) is 7.48. The van der Waals surface area contributed by atoms with Gasteiger partial charge < -0.3 is 14.7 Å². The Balaban J connectivity index is 1.20. The molecule has 0 fully saturated rings. The van der Waals surface area contributed by atoms with E-state index in [1.165, 1.54) is 5.56 Å². The van der Waals surface area contributed by atoms with Crippen LogP contribution in [0.4, 0.5) is 0 Å². The molecule has 0 atom stereocenters. The van der Waals surface area contributed by atoms with E-state index >= 15 is 0 Å². The molecule has 154 valence electrons. The van der Waals surface area contributed by atoms with Crippen LogP contribution in [0.15, 0.2) is 77.2 Å². The average molecular weight is 410 g/mol. The Morgan fingerprint density at radius 2 is 1.71 bits per heavy atom. The zero-order valence-electron chi connectivity index (χ0n) is 17.0. The average Bonchev–Trinajstić information content (AvgIpc) is 3.41. The molecular formula is C25H22N4O2. The van der Waals surface area contributed by atoms with Gasteiger partial charge >= 0.3 is 0 Å². The number of benzene rings is 3. The van der Waals surface area contributed by atoms with Gasteiger partial charge in [-0.15, -0.1) is 0 Å². The lowest BCUT2D eigenvalue weighted by Gasteiger charge is -2.03. The number of nitrogens with zero attached hydrogens (tertiary/aromatic N) is 2. The van der Waals surface area contributed by atoms with Gasteiger partial charge in [-0.2, -0.15) is 0 Å². The van der Waals surface area contributed by atoms with Gasteiger partial charge in [0.25, 0.3) is 5.91 Å². The van der Waals surface area contributed by atoms with Crippen molar-refractivity contribution in [2.45, 2.75) is 19.3 Å². The predicted molar refractivity (Wildman–Crippen MR) is 120 cm³/mol. The summed E-state index contributed by atoms with van der Waals surface area (Å²) in [6.07, 6.45) is 2.22. The summed E-state index contributed by atoms with van der Waals surface area (Å²) in [6, 6.07) is 23.5. The maximum atomic E-state index is 12.6. The van der Waals surface area contributed by atoms with E-state index in [-0.39, 0.29) is 5.91 Å². The highest BCUT2D eigenvalue weighted by Gasteiger charge is 2.11. The second-order valence-corrected chi connectivity index (χ2v) is 7.48. The molecule has 0 unspecified atom stereocenters. The third-order valence-corrected chi connectivity index (χ3v) is 5.25. The van der Waals surface area contributed by atoms with Crippen LogP contribution >= 0.6 is 0 Å². The zero-order valence-corrected chi connectivity index (χ0v) is 17.0. The third kappa shape index (κ3) is 4.33. The first-order valence-electron chi connectivity index (χ1n) is 10.4. The number of hydrogen-bond acceptors (Lipinski definition) is 4. The summed E-state index contributed by atoms with van der Waals surface area (Å²) in [5.74, 6) is 1.41. The molecule has 0 radical (unpaired) electrons. The fraction of sp³-hybridized carbons (Fsp3) is 0.160. The number of aromatic amines is 1. The zero-order chi connectivity index (χ0) is 21.0. The van der Waals surface area contributed by atoms with Crippen molar-refractivity contribution >= 4 is 28.0 Å². The van der Waals surface area contributed by atoms with Crippen molar-refractivity contribution in [3.8, 4) is 0 Å². The molecule has 0 saturated carbocycles. The third-order valence-electron chi connectivity index (χ3n) is 5.25. The van der Waals surface area contributed by atoms with E-state index < -0.39 is 0 Å². The van der Waals surface area contributed by atoms with Crippen LogP contribution < -0.4 is 5.32 Å². The molecule has 0 aliphatic rings. The summed E-state index contributed by atoms with van der Waals surface area (Å²) in [7, 11) is 0. The van der Waals surface area contributed by atoms with Gasteiger partial charge in [-0.05, 0) is 42.3 Å². The summed E-state index contributed by atoms with van der Waals surface area (Å²) in [4.78, 5) is 24.9. The van der Waals surface area contributed by atoms with Crippen molar-refractivity contribution in [1.82, 2.24) is 20.3 Å². The number of carbonyl (C=O) groups excluding carboxylic acids is 1. The molecule has 0 aliphatic heterocycles. The highest BCUT2D eigenvalue weighted by Crippen LogP contribution is 2.19. The maximum Gasteiger partial charge on any atom is 0.251 e. The van der Waals surface area contributed by atoms with Crippen molar-refractivity contribution in [1.29, 1.82) is 0 Å². The number of hydrogen-bond donors (Lipinski definition) is 2. The largest absolute Gasteiger partial charge is 0.441 e. The Morgan fingerprint density at radius 3 is 2.58 bits per heavy atom. The van der Waals surface area contributed by atoms with Crippen molar-refractivity contribution < 1.29 is 9.21 Å². The minimum atomic E-state index is -0.133. The molecule has 2 N–H and O–H groups in total. The van der Waals surface area contributed by atoms with E-state index in [9.17, 15) is 4.79 Å². The Labute approximate surface area is 179 Å². The summed E-state index contributed by atoms with van der Waals surface area (Å²) < 4.78 is 5.84. The highest BCUT2D eigenvalue weighted by atomic mass is 16.3. The van der Waals surface area contributed by atoms with Crippen LogP contribution in [0.5, 0.6) is 0 Å².